The molecule has 20 heavy (non-hydrogen) atoms. The van der Waals surface area contributed by atoms with E-state index in [0.717, 1.165) is 16.9 Å². The van der Waals surface area contributed by atoms with Crippen molar-refractivity contribution in [3.63, 3.8) is 0 Å². The zero-order valence-corrected chi connectivity index (χ0v) is 10.8. The Bertz CT molecular complexity index is 703. The number of para-hydroxylation sites is 2. The maximum atomic E-state index is 11.9. The summed E-state index contributed by atoms with van der Waals surface area (Å²) in [6, 6.07) is 7.73. The highest BCUT2D eigenvalue weighted by molar-refractivity contribution is 5.80. The molecule has 0 bridgehead atoms. The van der Waals surface area contributed by atoms with Crippen molar-refractivity contribution in [2.45, 2.75) is 13.0 Å². The summed E-state index contributed by atoms with van der Waals surface area (Å²) in [5.74, 6) is 0.714. The molecule has 2 N–H and O–H groups in total. The summed E-state index contributed by atoms with van der Waals surface area (Å²) in [6.45, 7) is 0.789. The van der Waals surface area contributed by atoms with Crippen LogP contribution in [0.25, 0.3) is 11.0 Å². The predicted octanol–water partition coefficient (Wildman–Crippen LogP) is 0.513. The zero-order valence-electron chi connectivity index (χ0n) is 10.8. The summed E-state index contributed by atoms with van der Waals surface area (Å²) < 4.78 is 1.83. The van der Waals surface area contributed by atoms with Crippen molar-refractivity contribution < 1.29 is 4.79 Å². The molecular formula is C13H14N6O. The molecule has 7 heteroatoms. The van der Waals surface area contributed by atoms with Gasteiger partial charge in [-0.1, -0.05) is 12.1 Å². The molecule has 2 heterocycles. The monoisotopic (exact) mass is 270 g/mol. The van der Waals surface area contributed by atoms with E-state index in [-0.39, 0.29) is 12.5 Å². The van der Waals surface area contributed by atoms with Gasteiger partial charge in [-0.3, -0.25) is 9.89 Å². The first-order chi connectivity index (χ1) is 9.83. The number of hydrogen-bond acceptors (Lipinski definition) is 4. The topological polar surface area (TPSA) is 88.5 Å². The minimum absolute atomic E-state index is 0.0485. The highest BCUT2D eigenvalue weighted by Crippen LogP contribution is 2.11. The van der Waals surface area contributed by atoms with E-state index in [1.807, 2.05) is 28.8 Å². The minimum atomic E-state index is -0.0485. The number of nitrogens with zero attached hydrogens (tertiary/aromatic N) is 4. The van der Waals surface area contributed by atoms with Crippen molar-refractivity contribution in [2.75, 3.05) is 6.54 Å². The maximum absolute atomic E-state index is 11.9. The molecule has 0 saturated carbocycles. The van der Waals surface area contributed by atoms with Crippen molar-refractivity contribution >= 4 is 16.9 Å². The molecule has 3 aromatic rings. The highest BCUT2D eigenvalue weighted by Gasteiger charge is 2.06. The van der Waals surface area contributed by atoms with E-state index in [0.29, 0.717) is 13.0 Å². The van der Waals surface area contributed by atoms with Gasteiger partial charge in [0.1, 0.15) is 18.7 Å². The molecule has 0 spiro atoms. The number of benzene rings is 1. The third-order valence-electron chi connectivity index (χ3n) is 2.99. The van der Waals surface area contributed by atoms with Gasteiger partial charge in [0.25, 0.3) is 0 Å². The second kappa shape index (κ2) is 5.52. The Balaban J connectivity index is 1.56. The van der Waals surface area contributed by atoms with Gasteiger partial charge in [0, 0.05) is 13.0 Å². The SMILES string of the molecule is O=C(Cn1cnc2ccccc21)NCCc1ncn[nH]1. The molecule has 102 valence electrons. The molecule has 0 unspecified atom stereocenters. The average Bonchev–Trinajstić information content (AvgIpc) is 3.09. The number of hydrogen-bond donors (Lipinski definition) is 2. The Morgan fingerprint density at radius 3 is 3.05 bits per heavy atom. The van der Waals surface area contributed by atoms with E-state index in [4.69, 9.17) is 0 Å². The molecule has 2 aromatic heterocycles. The van der Waals surface area contributed by atoms with E-state index >= 15 is 0 Å². The van der Waals surface area contributed by atoms with Crippen molar-refractivity contribution in [3.8, 4) is 0 Å². The molecule has 0 radical (unpaired) electrons. The molecule has 0 saturated heterocycles. The first-order valence-corrected chi connectivity index (χ1v) is 6.34. The Morgan fingerprint density at radius 1 is 1.30 bits per heavy atom. The second-order valence-electron chi connectivity index (χ2n) is 4.39. The van der Waals surface area contributed by atoms with Gasteiger partial charge in [-0.05, 0) is 12.1 Å². The third kappa shape index (κ3) is 2.66. The summed E-state index contributed by atoms with van der Waals surface area (Å²) in [7, 11) is 0. The van der Waals surface area contributed by atoms with Gasteiger partial charge in [0.05, 0.1) is 17.4 Å². The lowest BCUT2D eigenvalue weighted by atomic mass is 10.3. The molecule has 0 aliphatic heterocycles. The van der Waals surface area contributed by atoms with E-state index in [9.17, 15) is 4.79 Å². The van der Waals surface area contributed by atoms with E-state index in [2.05, 4.69) is 25.5 Å². The van der Waals surface area contributed by atoms with Crippen LogP contribution < -0.4 is 5.32 Å². The fourth-order valence-corrected chi connectivity index (χ4v) is 2.02. The smallest absolute Gasteiger partial charge is 0.240 e. The van der Waals surface area contributed by atoms with Crippen LogP contribution in [0.1, 0.15) is 5.82 Å². The van der Waals surface area contributed by atoms with Crippen molar-refractivity contribution in [2.24, 2.45) is 0 Å². The van der Waals surface area contributed by atoms with Crippen LogP contribution >= 0.6 is 0 Å². The lowest BCUT2D eigenvalue weighted by Crippen LogP contribution is -2.29. The number of aromatic nitrogens is 5. The van der Waals surface area contributed by atoms with Crippen LogP contribution in [-0.2, 0) is 17.8 Å². The first-order valence-electron chi connectivity index (χ1n) is 6.34. The van der Waals surface area contributed by atoms with Crippen molar-refractivity contribution in [1.29, 1.82) is 0 Å². The van der Waals surface area contributed by atoms with Crippen LogP contribution in [0.15, 0.2) is 36.9 Å². The number of fused-ring (bicyclic) bond motifs is 1. The van der Waals surface area contributed by atoms with Crippen LogP contribution in [0.3, 0.4) is 0 Å². The van der Waals surface area contributed by atoms with Crippen molar-refractivity contribution in [1.82, 2.24) is 30.0 Å². The summed E-state index contributed by atoms with van der Waals surface area (Å²) in [5.41, 5.74) is 1.85. The molecule has 0 aliphatic rings. The van der Waals surface area contributed by atoms with Gasteiger partial charge >= 0.3 is 0 Å². The molecule has 1 aromatic carbocycles. The van der Waals surface area contributed by atoms with Crippen LogP contribution in [0.2, 0.25) is 0 Å². The van der Waals surface area contributed by atoms with Crippen LogP contribution in [0.4, 0.5) is 0 Å². The Morgan fingerprint density at radius 2 is 2.20 bits per heavy atom. The van der Waals surface area contributed by atoms with Gasteiger partial charge in [-0.25, -0.2) is 9.97 Å². The molecule has 3 rings (SSSR count). The second-order valence-corrected chi connectivity index (χ2v) is 4.39. The van der Waals surface area contributed by atoms with Gasteiger partial charge in [0.15, 0.2) is 0 Å². The first kappa shape index (κ1) is 12.3. The lowest BCUT2D eigenvalue weighted by molar-refractivity contribution is -0.121. The van der Waals surface area contributed by atoms with E-state index in [1.54, 1.807) is 6.33 Å². The van der Waals surface area contributed by atoms with E-state index < -0.39 is 0 Å². The van der Waals surface area contributed by atoms with Crippen LogP contribution in [0.5, 0.6) is 0 Å². The summed E-state index contributed by atoms with van der Waals surface area (Å²) in [6.07, 6.45) is 3.77. The standard InChI is InChI=1S/C13H14N6O/c20-13(14-6-5-12-15-8-17-18-12)7-19-9-16-10-3-1-2-4-11(10)19/h1-4,8-9H,5-7H2,(H,14,20)(H,15,17,18). The van der Waals surface area contributed by atoms with Gasteiger partial charge < -0.3 is 9.88 Å². The summed E-state index contributed by atoms with van der Waals surface area (Å²) >= 11 is 0. The quantitative estimate of drug-likeness (QED) is 0.707. The largest absolute Gasteiger partial charge is 0.354 e. The maximum Gasteiger partial charge on any atom is 0.240 e. The molecule has 0 aliphatic carbocycles. The number of rotatable bonds is 5. The van der Waals surface area contributed by atoms with Gasteiger partial charge in [-0.15, -0.1) is 0 Å². The number of carbonyl (C=O) groups is 1. The van der Waals surface area contributed by atoms with Crippen molar-refractivity contribution in [3.05, 3.63) is 42.7 Å². The Labute approximate surface area is 115 Å². The highest BCUT2D eigenvalue weighted by atomic mass is 16.1. The number of H-pyrrole nitrogens is 1. The number of amides is 1. The predicted molar refractivity (Wildman–Crippen MR) is 72.8 cm³/mol. The molecule has 0 fully saturated rings. The normalized spacial score (nSPS) is 10.8. The summed E-state index contributed by atoms with van der Waals surface area (Å²) in [4.78, 5) is 20.1. The van der Waals surface area contributed by atoms with Crippen LogP contribution in [0, 0.1) is 0 Å². The van der Waals surface area contributed by atoms with E-state index in [1.165, 1.54) is 6.33 Å². The molecule has 7 nitrogen and oxygen atoms in total. The zero-order chi connectivity index (χ0) is 13.8. The number of imidazole rings is 1. The minimum Gasteiger partial charge on any atom is -0.354 e. The number of carbonyl (C=O) groups excluding carboxylic acids is 1. The van der Waals surface area contributed by atoms with Crippen LogP contribution in [-0.4, -0.2) is 37.2 Å². The number of nitrogens with one attached hydrogen (secondary N) is 2. The lowest BCUT2D eigenvalue weighted by Gasteiger charge is -2.05. The van der Waals surface area contributed by atoms with Gasteiger partial charge in [0.2, 0.25) is 5.91 Å². The summed E-state index contributed by atoms with van der Waals surface area (Å²) in [5, 5.41) is 9.36. The molecule has 0 atom stereocenters. The fraction of sp³-hybridized carbons (Fsp3) is 0.231. The fourth-order valence-electron chi connectivity index (χ4n) is 2.02. The average molecular weight is 270 g/mol. The Kier molecular flexibility index (Phi) is 3.40. The molecule has 1 amide bonds. The van der Waals surface area contributed by atoms with Gasteiger partial charge in [-0.2, -0.15) is 5.10 Å². The third-order valence-corrected chi connectivity index (χ3v) is 2.99. The number of aromatic amines is 1. The molecular weight excluding hydrogens is 256 g/mol. The Hall–Kier alpha value is -2.70.